The van der Waals surface area contributed by atoms with Gasteiger partial charge in [0, 0.05) is 44.2 Å². The van der Waals surface area contributed by atoms with E-state index < -0.39 is 10.0 Å². The molecular weight excluding hydrogens is 300 g/mol. The highest BCUT2D eigenvalue weighted by Crippen LogP contribution is 2.36. The van der Waals surface area contributed by atoms with Crippen molar-refractivity contribution in [2.75, 3.05) is 38.5 Å². The number of fused-ring (bicyclic) bond motifs is 1. The van der Waals surface area contributed by atoms with Gasteiger partial charge in [-0.15, -0.1) is 0 Å². The first-order valence-electron chi connectivity index (χ1n) is 8.05. The van der Waals surface area contributed by atoms with E-state index in [0.717, 1.165) is 31.9 Å². The third kappa shape index (κ3) is 3.14. The van der Waals surface area contributed by atoms with Crippen LogP contribution in [0.15, 0.2) is 24.3 Å². The molecule has 1 aromatic carbocycles. The first kappa shape index (κ1) is 15.8. The molecular formula is C16H24N2O3S. The number of benzene rings is 1. The number of hydrogen-bond acceptors (Lipinski definition) is 4. The molecule has 0 amide bonds. The molecule has 0 N–H and O–H groups in total. The van der Waals surface area contributed by atoms with Gasteiger partial charge in [-0.05, 0) is 12.5 Å². The van der Waals surface area contributed by atoms with Gasteiger partial charge in [-0.3, -0.25) is 4.90 Å². The third-order valence-corrected chi connectivity index (χ3v) is 6.57. The topological polar surface area (TPSA) is 49.9 Å². The summed E-state index contributed by atoms with van der Waals surface area (Å²) in [5, 5.41) is 0. The van der Waals surface area contributed by atoms with E-state index >= 15 is 0 Å². The van der Waals surface area contributed by atoms with Crippen LogP contribution in [-0.2, 0) is 10.0 Å². The maximum absolute atomic E-state index is 12.2. The molecule has 2 heterocycles. The van der Waals surface area contributed by atoms with E-state index in [0.29, 0.717) is 25.6 Å². The van der Waals surface area contributed by atoms with Crippen molar-refractivity contribution < 1.29 is 13.2 Å². The Bertz CT molecular complexity index is 610. The minimum atomic E-state index is -3.07. The molecule has 0 spiro atoms. The number of hydrogen-bond donors (Lipinski definition) is 0. The van der Waals surface area contributed by atoms with Gasteiger partial charge in [-0.2, -0.15) is 4.31 Å². The molecule has 0 saturated carbocycles. The van der Waals surface area contributed by atoms with Gasteiger partial charge in [0.1, 0.15) is 5.75 Å². The molecule has 2 aliphatic heterocycles. The fraction of sp³-hybridized carbons (Fsp3) is 0.625. The highest BCUT2D eigenvalue weighted by atomic mass is 32.2. The minimum Gasteiger partial charge on any atom is -0.493 e. The van der Waals surface area contributed by atoms with Gasteiger partial charge in [0.05, 0.1) is 12.4 Å². The Kier molecular flexibility index (Phi) is 4.70. The predicted octanol–water partition coefficient (Wildman–Crippen LogP) is 1.87. The molecule has 5 nitrogen and oxygen atoms in total. The van der Waals surface area contributed by atoms with Gasteiger partial charge >= 0.3 is 0 Å². The quantitative estimate of drug-likeness (QED) is 0.848. The summed E-state index contributed by atoms with van der Waals surface area (Å²) < 4.78 is 31.7. The molecule has 22 heavy (non-hydrogen) atoms. The van der Waals surface area contributed by atoms with Crippen molar-refractivity contribution in [3.63, 3.8) is 0 Å². The summed E-state index contributed by atoms with van der Waals surface area (Å²) in [4.78, 5) is 2.40. The van der Waals surface area contributed by atoms with E-state index in [-0.39, 0.29) is 5.75 Å². The van der Waals surface area contributed by atoms with Gasteiger partial charge in [0.25, 0.3) is 0 Å². The molecule has 0 radical (unpaired) electrons. The fourth-order valence-corrected chi connectivity index (χ4v) is 4.88. The molecule has 6 heteroatoms. The lowest BCUT2D eigenvalue weighted by Crippen LogP contribution is -2.50. The fourth-order valence-electron chi connectivity index (χ4n) is 3.38. The Morgan fingerprint density at radius 1 is 1.18 bits per heavy atom. The van der Waals surface area contributed by atoms with Crippen molar-refractivity contribution in [1.29, 1.82) is 0 Å². The zero-order valence-corrected chi connectivity index (χ0v) is 13.9. The van der Waals surface area contributed by atoms with E-state index in [2.05, 4.69) is 11.0 Å². The lowest BCUT2D eigenvalue weighted by atomic mass is 9.98. The van der Waals surface area contributed by atoms with E-state index in [9.17, 15) is 8.42 Å². The summed E-state index contributed by atoms with van der Waals surface area (Å²) >= 11 is 0. The van der Waals surface area contributed by atoms with Crippen LogP contribution in [0.25, 0.3) is 0 Å². The van der Waals surface area contributed by atoms with Gasteiger partial charge in [0.2, 0.25) is 10.0 Å². The number of sulfonamides is 1. The highest BCUT2D eigenvalue weighted by Gasteiger charge is 2.32. The van der Waals surface area contributed by atoms with E-state index in [4.69, 9.17) is 4.74 Å². The van der Waals surface area contributed by atoms with Crippen LogP contribution < -0.4 is 4.74 Å². The standard InChI is InChI=1S/C16H24N2O3S/c1-2-13-22(19,20)18-10-8-17(9-11-18)15-7-12-21-16-6-4-3-5-14(15)16/h3-6,15H,2,7-13H2,1H3. The lowest BCUT2D eigenvalue weighted by Gasteiger charge is -2.40. The smallest absolute Gasteiger partial charge is 0.214 e. The Hall–Kier alpha value is -1.11. The van der Waals surface area contributed by atoms with Crippen LogP contribution in [0.5, 0.6) is 5.75 Å². The molecule has 1 saturated heterocycles. The zero-order valence-electron chi connectivity index (χ0n) is 13.1. The van der Waals surface area contributed by atoms with Gasteiger partial charge in [-0.25, -0.2) is 8.42 Å². The number of piperazine rings is 1. The molecule has 0 aliphatic carbocycles. The van der Waals surface area contributed by atoms with Crippen LogP contribution in [0.1, 0.15) is 31.4 Å². The van der Waals surface area contributed by atoms with E-state index in [1.807, 2.05) is 25.1 Å². The average molecular weight is 324 g/mol. The normalized spacial score (nSPS) is 23.8. The summed E-state index contributed by atoms with van der Waals surface area (Å²) in [6, 6.07) is 8.53. The molecule has 2 aliphatic rings. The third-order valence-electron chi connectivity index (χ3n) is 4.50. The van der Waals surface area contributed by atoms with Crippen LogP contribution in [0.2, 0.25) is 0 Å². The molecule has 0 aromatic heterocycles. The van der Waals surface area contributed by atoms with Crippen LogP contribution in [0, 0.1) is 0 Å². The number of para-hydroxylation sites is 1. The van der Waals surface area contributed by atoms with Gasteiger partial charge in [0.15, 0.2) is 0 Å². The van der Waals surface area contributed by atoms with Crippen molar-refractivity contribution in [3.8, 4) is 5.75 Å². The molecule has 1 fully saturated rings. The summed E-state index contributed by atoms with van der Waals surface area (Å²) in [7, 11) is -3.07. The lowest BCUT2D eigenvalue weighted by molar-refractivity contribution is 0.103. The summed E-state index contributed by atoms with van der Waals surface area (Å²) in [6.07, 6.45) is 1.65. The maximum atomic E-state index is 12.2. The molecule has 1 atom stereocenters. The summed E-state index contributed by atoms with van der Waals surface area (Å²) in [5.74, 6) is 1.23. The van der Waals surface area contributed by atoms with Crippen molar-refractivity contribution in [2.24, 2.45) is 0 Å². The maximum Gasteiger partial charge on any atom is 0.214 e. The van der Waals surface area contributed by atoms with Crippen molar-refractivity contribution >= 4 is 10.0 Å². The van der Waals surface area contributed by atoms with Crippen molar-refractivity contribution in [2.45, 2.75) is 25.8 Å². The summed E-state index contributed by atoms with van der Waals surface area (Å²) in [6.45, 7) is 5.43. The average Bonchev–Trinajstić information content (AvgIpc) is 2.54. The number of rotatable bonds is 4. The predicted molar refractivity (Wildman–Crippen MR) is 86.5 cm³/mol. The van der Waals surface area contributed by atoms with Crippen LogP contribution >= 0.6 is 0 Å². The largest absolute Gasteiger partial charge is 0.493 e. The van der Waals surface area contributed by atoms with Gasteiger partial charge in [-0.1, -0.05) is 25.1 Å². The Labute approximate surface area is 132 Å². The highest BCUT2D eigenvalue weighted by molar-refractivity contribution is 7.89. The molecule has 1 aromatic rings. The minimum absolute atomic E-state index is 0.257. The number of ether oxygens (including phenoxy) is 1. The van der Waals surface area contributed by atoms with E-state index in [1.54, 1.807) is 4.31 Å². The molecule has 1 unspecified atom stereocenters. The first-order chi connectivity index (χ1) is 10.6. The molecule has 3 rings (SSSR count). The van der Waals surface area contributed by atoms with E-state index in [1.165, 1.54) is 5.56 Å². The zero-order chi connectivity index (χ0) is 15.6. The van der Waals surface area contributed by atoms with Crippen LogP contribution in [0.3, 0.4) is 0 Å². The summed E-state index contributed by atoms with van der Waals surface area (Å²) in [5.41, 5.74) is 1.23. The Balaban J connectivity index is 1.68. The Morgan fingerprint density at radius 3 is 2.64 bits per heavy atom. The second-order valence-electron chi connectivity index (χ2n) is 5.94. The van der Waals surface area contributed by atoms with Crippen molar-refractivity contribution in [1.82, 2.24) is 9.21 Å². The van der Waals surface area contributed by atoms with Gasteiger partial charge < -0.3 is 4.74 Å². The Morgan fingerprint density at radius 2 is 1.91 bits per heavy atom. The first-order valence-corrected chi connectivity index (χ1v) is 9.66. The van der Waals surface area contributed by atoms with Crippen molar-refractivity contribution in [3.05, 3.63) is 29.8 Å². The van der Waals surface area contributed by atoms with Crippen LogP contribution in [0.4, 0.5) is 0 Å². The molecule has 0 bridgehead atoms. The SMILES string of the molecule is CCCS(=O)(=O)N1CCN(C2CCOc3ccccc32)CC1. The second-order valence-corrected chi connectivity index (χ2v) is 8.03. The monoisotopic (exact) mass is 324 g/mol. The second kappa shape index (κ2) is 6.56. The number of nitrogens with zero attached hydrogens (tertiary/aromatic N) is 2. The molecule has 122 valence electrons. The van der Waals surface area contributed by atoms with Crippen LogP contribution in [-0.4, -0.2) is 56.2 Å².